The lowest BCUT2D eigenvalue weighted by Gasteiger charge is -2.14. The van der Waals surface area contributed by atoms with Crippen LogP contribution in [0, 0.1) is 11.6 Å². The summed E-state index contributed by atoms with van der Waals surface area (Å²) in [4.78, 5) is 0. The second kappa shape index (κ2) is 4.55. The van der Waals surface area contributed by atoms with Crippen molar-refractivity contribution in [3.05, 3.63) is 34.4 Å². The minimum absolute atomic E-state index is 0.525. The topological polar surface area (TPSA) is 20.2 Å². The molecule has 90 valence electrons. The van der Waals surface area contributed by atoms with E-state index in [0.717, 1.165) is 0 Å². The van der Waals surface area contributed by atoms with E-state index in [4.69, 9.17) is 16.7 Å². The number of hydrogen-bond acceptors (Lipinski definition) is 1. The Kier molecular flexibility index (Phi) is 3.75. The van der Waals surface area contributed by atoms with Crippen molar-refractivity contribution in [1.29, 1.82) is 0 Å². The SMILES string of the molecule is OC(Cc1cc(F)c(Cl)cc1F)C(F)(F)F. The third-order valence-electron chi connectivity index (χ3n) is 1.88. The summed E-state index contributed by atoms with van der Waals surface area (Å²) < 4.78 is 61.8. The van der Waals surface area contributed by atoms with E-state index in [1.165, 1.54) is 0 Å². The zero-order valence-electron chi connectivity index (χ0n) is 7.65. The standard InChI is InChI=1S/C9H6ClF5O/c10-5-3-6(11)4(1-7(5)12)2-8(16)9(13,14)15/h1,3,8,16H,2H2. The average Bonchev–Trinajstić information content (AvgIpc) is 2.12. The molecule has 0 saturated heterocycles. The Labute approximate surface area is 92.5 Å². The van der Waals surface area contributed by atoms with Crippen molar-refractivity contribution in [1.82, 2.24) is 0 Å². The minimum atomic E-state index is -4.87. The highest BCUT2D eigenvalue weighted by atomic mass is 35.5. The summed E-state index contributed by atoms with van der Waals surface area (Å²) in [6, 6.07) is 1.10. The summed E-state index contributed by atoms with van der Waals surface area (Å²) in [7, 11) is 0. The first-order chi connectivity index (χ1) is 7.21. The number of aliphatic hydroxyl groups excluding tert-OH is 1. The predicted molar refractivity (Wildman–Crippen MR) is 47.1 cm³/mol. The third kappa shape index (κ3) is 3.05. The van der Waals surface area contributed by atoms with Gasteiger partial charge in [-0.15, -0.1) is 0 Å². The number of halogens is 6. The van der Waals surface area contributed by atoms with Gasteiger partial charge in [-0.25, -0.2) is 8.78 Å². The van der Waals surface area contributed by atoms with Gasteiger partial charge in [0.05, 0.1) is 5.02 Å². The van der Waals surface area contributed by atoms with Crippen molar-refractivity contribution in [2.75, 3.05) is 0 Å². The van der Waals surface area contributed by atoms with Crippen LogP contribution in [0.3, 0.4) is 0 Å². The summed E-state index contributed by atoms with van der Waals surface area (Å²) in [5.74, 6) is -2.12. The van der Waals surface area contributed by atoms with Crippen molar-refractivity contribution in [3.8, 4) is 0 Å². The van der Waals surface area contributed by atoms with Gasteiger partial charge in [0.15, 0.2) is 6.10 Å². The third-order valence-corrected chi connectivity index (χ3v) is 2.17. The van der Waals surface area contributed by atoms with Gasteiger partial charge in [0, 0.05) is 6.42 Å². The highest BCUT2D eigenvalue weighted by Gasteiger charge is 2.38. The molecule has 1 N–H and O–H groups in total. The number of aliphatic hydroxyl groups is 1. The maximum Gasteiger partial charge on any atom is 0.414 e. The van der Waals surface area contributed by atoms with Gasteiger partial charge in [0.25, 0.3) is 0 Å². The number of rotatable bonds is 2. The van der Waals surface area contributed by atoms with Crippen LogP contribution >= 0.6 is 11.6 Å². The highest BCUT2D eigenvalue weighted by Crippen LogP contribution is 2.26. The monoisotopic (exact) mass is 260 g/mol. The molecule has 7 heteroatoms. The van der Waals surface area contributed by atoms with Crippen LogP contribution in [0.4, 0.5) is 22.0 Å². The Bertz CT molecular complexity index is 390. The fourth-order valence-electron chi connectivity index (χ4n) is 1.04. The van der Waals surface area contributed by atoms with Crippen LogP contribution in [0.15, 0.2) is 12.1 Å². The molecule has 1 atom stereocenters. The zero-order valence-corrected chi connectivity index (χ0v) is 8.41. The first kappa shape index (κ1) is 13.2. The first-order valence-electron chi connectivity index (χ1n) is 4.10. The van der Waals surface area contributed by atoms with Crippen molar-refractivity contribution in [3.63, 3.8) is 0 Å². The lowest BCUT2D eigenvalue weighted by Crippen LogP contribution is -2.30. The van der Waals surface area contributed by atoms with Gasteiger partial charge in [-0.1, -0.05) is 11.6 Å². The lowest BCUT2D eigenvalue weighted by atomic mass is 10.1. The van der Waals surface area contributed by atoms with Crippen molar-refractivity contribution in [2.24, 2.45) is 0 Å². The molecule has 16 heavy (non-hydrogen) atoms. The van der Waals surface area contributed by atoms with Gasteiger partial charge in [-0.3, -0.25) is 0 Å². The van der Waals surface area contributed by atoms with Gasteiger partial charge >= 0.3 is 6.18 Å². The van der Waals surface area contributed by atoms with E-state index in [1.807, 2.05) is 0 Å². The molecule has 0 radical (unpaired) electrons. The highest BCUT2D eigenvalue weighted by molar-refractivity contribution is 6.30. The van der Waals surface area contributed by atoms with Crippen LogP contribution in [0.5, 0.6) is 0 Å². The molecule has 0 saturated carbocycles. The Morgan fingerprint density at radius 1 is 1.19 bits per heavy atom. The molecular formula is C9H6ClF5O. The van der Waals surface area contributed by atoms with Crippen LogP contribution in [-0.2, 0) is 6.42 Å². The van der Waals surface area contributed by atoms with Gasteiger partial charge < -0.3 is 5.11 Å². The predicted octanol–water partition coefficient (Wildman–Crippen LogP) is 3.08. The van der Waals surface area contributed by atoms with E-state index < -0.39 is 40.9 Å². The second-order valence-electron chi connectivity index (χ2n) is 3.12. The molecule has 0 amide bonds. The van der Waals surface area contributed by atoms with Crippen LogP contribution < -0.4 is 0 Å². The molecule has 0 bridgehead atoms. The maximum atomic E-state index is 13.0. The summed E-state index contributed by atoms with van der Waals surface area (Å²) in [6.45, 7) is 0. The quantitative estimate of drug-likeness (QED) is 0.640. The van der Waals surface area contributed by atoms with E-state index >= 15 is 0 Å². The van der Waals surface area contributed by atoms with E-state index in [-0.39, 0.29) is 0 Å². The fraction of sp³-hybridized carbons (Fsp3) is 0.333. The fourth-order valence-corrected chi connectivity index (χ4v) is 1.19. The molecule has 1 nitrogen and oxygen atoms in total. The average molecular weight is 261 g/mol. The first-order valence-corrected chi connectivity index (χ1v) is 4.48. The van der Waals surface area contributed by atoms with Gasteiger partial charge in [-0.2, -0.15) is 13.2 Å². The number of hydrogen-bond donors (Lipinski definition) is 1. The van der Waals surface area contributed by atoms with Crippen LogP contribution in [-0.4, -0.2) is 17.4 Å². The van der Waals surface area contributed by atoms with Crippen LogP contribution in [0.2, 0.25) is 5.02 Å². The van der Waals surface area contributed by atoms with Gasteiger partial charge in [-0.05, 0) is 17.7 Å². The molecule has 0 aromatic heterocycles. The summed E-state index contributed by atoms with van der Waals surface area (Å²) >= 11 is 5.21. The van der Waals surface area contributed by atoms with Crippen molar-refractivity contribution < 1.29 is 27.1 Å². The number of alkyl halides is 3. The Morgan fingerprint density at radius 2 is 1.75 bits per heavy atom. The van der Waals surface area contributed by atoms with E-state index in [0.29, 0.717) is 12.1 Å². The smallest absolute Gasteiger partial charge is 0.383 e. The summed E-state index contributed by atoms with van der Waals surface area (Å²) in [5, 5.41) is 8.15. The molecule has 0 aliphatic rings. The van der Waals surface area contributed by atoms with Crippen LogP contribution in [0.1, 0.15) is 5.56 Å². The maximum absolute atomic E-state index is 13.0. The molecule has 1 rings (SSSR count). The molecular weight excluding hydrogens is 255 g/mol. The van der Waals surface area contributed by atoms with Crippen molar-refractivity contribution in [2.45, 2.75) is 18.7 Å². The Balaban J connectivity index is 2.94. The van der Waals surface area contributed by atoms with E-state index in [2.05, 4.69) is 0 Å². The molecule has 0 spiro atoms. The summed E-state index contributed by atoms with van der Waals surface area (Å²) in [5.41, 5.74) is -0.577. The molecule has 0 aliphatic heterocycles. The van der Waals surface area contributed by atoms with Gasteiger partial charge in [0.1, 0.15) is 11.6 Å². The molecule has 0 fully saturated rings. The molecule has 0 aliphatic carbocycles. The molecule has 0 heterocycles. The van der Waals surface area contributed by atoms with E-state index in [9.17, 15) is 22.0 Å². The van der Waals surface area contributed by atoms with Crippen LogP contribution in [0.25, 0.3) is 0 Å². The largest absolute Gasteiger partial charge is 0.414 e. The molecule has 1 unspecified atom stereocenters. The zero-order chi connectivity index (χ0) is 12.5. The summed E-state index contributed by atoms with van der Waals surface area (Å²) in [6.07, 6.45) is -8.66. The molecule has 1 aromatic rings. The van der Waals surface area contributed by atoms with Crippen molar-refractivity contribution >= 4 is 11.6 Å². The molecule has 1 aromatic carbocycles. The second-order valence-corrected chi connectivity index (χ2v) is 3.53. The normalized spacial score (nSPS) is 13.9. The lowest BCUT2D eigenvalue weighted by molar-refractivity contribution is -0.203. The van der Waals surface area contributed by atoms with E-state index in [1.54, 1.807) is 0 Å². The number of benzene rings is 1. The minimum Gasteiger partial charge on any atom is -0.383 e. The van der Waals surface area contributed by atoms with Gasteiger partial charge in [0.2, 0.25) is 0 Å². The Hall–Kier alpha value is -0.880. The Morgan fingerprint density at radius 3 is 2.25 bits per heavy atom.